The first-order chi connectivity index (χ1) is 12.7. The van der Waals surface area contributed by atoms with E-state index in [2.05, 4.69) is 38.5 Å². The van der Waals surface area contributed by atoms with Crippen LogP contribution in [0.4, 0.5) is 0 Å². The van der Waals surface area contributed by atoms with Crippen LogP contribution in [0.3, 0.4) is 0 Å². The molecular weight excluding hydrogens is 348 g/mol. The zero-order valence-electron chi connectivity index (χ0n) is 15.2. The van der Waals surface area contributed by atoms with Crippen molar-refractivity contribution in [2.24, 2.45) is 4.99 Å². The summed E-state index contributed by atoms with van der Waals surface area (Å²) >= 11 is 1.75. The lowest BCUT2D eigenvalue weighted by Crippen LogP contribution is -2.41. The Hall–Kier alpha value is -2.54. The molecule has 3 N–H and O–H groups in total. The normalized spacial score (nSPS) is 11.1. The van der Waals surface area contributed by atoms with E-state index in [9.17, 15) is 4.79 Å². The summed E-state index contributed by atoms with van der Waals surface area (Å²) in [7, 11) is 1.60. The van der Waals surface area contributed by atoms with Crippen LogP contribution < -0.4 is 20.7 Å². The summed E-state index contributed by atoms with van der Waals surface area (Å²) in [6.07, 6.45) is 0.933. The van der Waals surface area contributed by atoms with Crippen LogP contribution in [0.2, 0.25) is 0 Å². The van der Waals surface area contributed by atoms with Crippen molar-refractivity contribution in [2.75, 3.05) is 33.3 Å². The number of hydrogen-bond donors (Lipinski definition) is 3. The summed E-state index contributed by atoms with van der Waals surface area (Å²) < 4.78 is 5.09. The molecule has 0 bridgehead atoms. The van der Waals surface area contributed by atoms with Crippen molar-refractivity contribution in [3.05, 3.63) is 52.2 Å². The molecule has 6 nitrogen and oxygen atoms in total. The first-order valence-electron chi connectivity index (χ1n) is 8.69. The van der Waals surface area contributed by atoms with Crippen LogP contribution in [0.1, 0.15) is 22.2 Å². The van der Waals surface area contributed by atoms with Crippen LogP contribution in [0.15, 0.2) is 46.8 Å². The molecule has 0 saturated carbocycles. The molecule has 26 heavy (non-hydrogen) atoms. The third-order valence-electron chi connectivity index (χ3n) is 3.61. The molecule has 0 fully saturated rings. The Bertz CT molecular complexity index is 684. The van der Waals surface area contributed by atoms with E-state index in [4.69, 9.17) is 4.74 Å². The molecule has 7 heteroatoms. The van der Waals surface area contributed by atoms with Gasteiger partial charge in [-0.2, -0.15) is 0 Å². The Labute approximate surface area is 158 Å². The number of thiophene rings is 1. The minimum absolute atomic E-state index is 0.103. The summed E-state index contributed by atoms with van der Waals surface area (Å²) in [6, 6.07) is 11.2. The van der Waals surface area contributed by atoms with Gasteiger partial charge in [0.05, 0.1) is 7.11 Å². The Morgan fingerprint density at radius 2 is 1.88 bits per heavy atom. The molecule has 0 unspecified atom stereocenters. The molecule has 140 valence electrons. The van der Waals surface area contributed by atoms with Gasteiger partial charge >= 0.3 is 0 Å². The van der Waals surface area contributed by atoms with Gasteiger partial charge in [0.2, 0.25) is 0 Å². The SMILES string of the molecule is CCNC(=NCCc1cccs1)NCCNC(=O)c1ccc(OC)cc1. The molecule has 1 amide bonds. The number of rotatable bonds is 9. The number of amides is 1. The van der Waals surface area contributed by atoms with Crippen LogP contribution in [0.5, 0.6) is 5.75 Å². The van der Waals surface area contributed by atoms with Gasteiger partial charge in [-0.25, -0.2) is 0 Å². The third kappa shape index (κ3) is 6.76. The lowest BCUT2D eigenvalue weighted by molar-refractivity contribution is 0.0954. The first kappa shape index (κ1) is 19.8. The van der Waals surface area contributed by atoms with Gasteiger partial charge in [0, 0.05) is 43.0 Å². The summed E-state index contributed by atoms with van der Waals surface area (Å²) in [6.45, 7) is 4.67. The smallest absolute Gasteiger partial charge is 0.251 e. The minimum Gasteiger partial charge on any atom is -0.497 e. The number of carbonyl (C=O) groups excluding carboxylic acids is 1. The average molecular weight is 375 g/mol. The van der Waals surface area contributed by atoms with Gasteiger partial charge in [-0.1, -0.05) is 6.07 Å². The number of carbonyl (C=O) groups is 1. The van der Waals surface area contributed by atoms with Gasteiger partial charge in [-0.3, -0.25) is 9.79 Å². The first-order valence-corrected chi connectivity index (χ1v) is 9.57. The highest BCUT2D eigenvalue weighted by Crippen LogP contribution is 2.11. The van der Waals surface area contributed by atoms with Crippen molar-refractivity contribution in [1.29, 1.82) is 0 Å². The predicted octanol–water partition coefficient (Wildman–Crippen LogP) is 2.28. The van der Waals surface area contributed by atoms with Gasteiger partial charge in [-0.05, 0) is 42.6 Å². The summed E-state index contributed by atoms with van der Waals surface area (Å²) in [5.41, 5.74) is 0.613. The summed E-state index contributed by atoms with van der Waals surface area (Å²) in [5.74, 6) is 1.40. The van der Waals surface area contributed by atoms with E-state index in [1.165, 1.54) is 4.88 Å². The molecule has 0 atom stereocenters. The summed E-state index contributed by atoms with van der Waals surface area (Å²) in [4.78, 5) is 18.0. The number of aliphatic imine (C=N–C) groups is 1. The topological polar surface area (TPSA) is 74.8 Å². The lowest BCUT2D eigenvalue weighted by Gasteiger charge is -2.12. The van der Waals surface area contributed by atoms with Crippen molar-refractivity contribution < 1.29 is 9.53 Å². The van der Waals surface area contributed by atoms with E-state index in [0.717, 1.165) is 31.2 Å². The molecule has 0 aliphatic carbocycles. The molecule has 1 aromatic carbocycles. The van der Waals surface area contributed by atoms with Crippen molar-refractivity contribution in [1.82, 2.24) is 16.0 Å². The van der Waals surface area contributed by atoms with Crippen molar-refractivity contribution in [2.45, 2.75) is 13.3 Å². The quantitative estimate of drug-likeness (QED) is 0.358. The second-order valence-electron chi connectivity index (χ2n) is 5.50. The van der Waals surface area contributed by atoms with Crippen LogP contribution in [0, 0.1) is 0 Å². The van der Waals surface area contributed by atoms with Crippen LogP contribution in [-0.2, 0) is 6.42 Å². The zero-order valence-corrected chi connectivity index (χ0v) is 16.1. The number of hydrogen-bond acceptors (Lipinski definition) is 4. The van der Waals surface area contributed by atoms with Gasteiger partial charge in [-0.15, -0.1) is 11.3 Å². The zero-order chi connectivity index (χ0) is 18.6. The number of methoxy groups -OCH3 is 1. The Balaban J connectivity index is 1.71. The number of nitrogens with one attached hydrogen (secondary N) is 3. The second-order valence-corrected chi connectivity index (χ2v) is 6.53. The monoisotopic (exact) mass is 374 g/mol. The average Bonchev–Trinajstić information content (AvgIpc) is 3.18. The third-order valence-corrected chi connectivity index (χ3v) is 4.54. The molecule has 0 aliphatic rings. The van der Waals surface area contributed by atoms with Crippen molar-refractivity contribution in [3.63, 3.8) is 0 Å². The fourth-order valence-electron chi connectivity index (χ4n) is 2.28. The number of guanidine groups is 1. The maximum atomic E-state index is 12.1. The standard InChI is InChI=1S/C19H26N4O2S/c1-3-20-19(22-11-10-17-5-4-14-26-17)23-13-12-21-18(24)15-6-8-16(25-2)9-7-15/h4-9,14H,3,10-13H2,1-2H3,(H,21,24)(H2,20,22,23). The predicted molar refractivity (Wildman–Crippen MR) is 107 cm³/mol. The molecule has 2 rings (SSSR count). The second kappa shape index (κ2) is 11.1. The summed E-state index contributed by atoms with van der Waals surface area (Å²) in [5, 5.41) is 11.4. The minimum atomic E-state index is -0.103. The molecule has 1 heterocycles. The van der Waals surface area contributed by atoms with Gasteiger partial charge < -0.3 is 20.7 Å². The van der Waals surface area contributed by atoms with Crippen LogP contribution >= 0.6 is 11.3 Å². The van der Waals surface area contributed by atoms with Crippen LogP contribution in [0.25, 0.3) is 0 Å². The molecule has 0 saturated heterocycles. The van der Waals surface area contributed by atoms with Gasteiger partial charge in [0.25, 0.3) is 5.91 Å². The highest BCUT2D eigenvalue weighted by molar-refractivity contribution is 7.09. The Morgan fingerprint density at radius 1 is 1.12 bits per heavy atom. The van der Waals surface area contributed by atoms with E-state index in [1.54, 1.807) is 42.7 Å². The number of benzene rings is 1. The van der Waals surface area contributed by atoms with E-state index < -0.39 is 0 Å². The molecule has 1 aromatic heterocycles. The molecule has 0 radical (unpaired) electrons. The van der Waals surface area contributed by atoms with E-state index in [1.807, 2.05) is 6.92 Å². The highest BCUT2D eigenvalue weighted by atomic mass is 32.1. The van der Waals surface area contributed by atoms with Crippen LogP contribution in [-0.4, -0.2) is 45.2 Å². The molecule has 0 spiro atoms. The van der Waals surface area contributed by atoms with Crippen molar-refractivity contribution >= 4 is 23.2 Å². The van der Waals surface area contributed by atoms with E-state index in [0.29, 0.717) is 18.7 Å². The maximum absolute atomic E-state index is 12.1. The van der Waals surface area contributed by atoms with E-state index in [-0.39, 0.29) is 5.91 Å². The Kier molecular flexibility index (Phi) is 8.48. The number of ether oxygens (including phenoxy) is 1. The highest BCUT2D eigenvalue weighted by Gasteiger charge is 2.05. The fraction of sp³-hybridized carbons (Fsp3) is 0.368. The molecule has 0 aliphatic heterocycles. The van der Waals surface area contributed by atoms with Crippen molar-refractivity contribution in [3.8, 4) is 5.75 Å². The van der Waals surface area contributed by atoms with Gasteiger partial charge in [0.1, 0.15) is 5.75 Å². The Morgan fingerprint density at radius 3 is 2.54 bits per heavy atom. The maximum Gasteiger partial charge on any atom is 0.251 e. The van der Waals surface area contributed by atoms with E-state index >= 15 is 0 Å². The molecule has 2 aromatic rings. The largest absolute Gasteiger partial charge is 0.497 e. The molecular formula is C19H26N4O2S. The van der Waals surface area contributed by atoms with Gasteiger partial charge in [0.15, 0.2) is 5.96 Å². The number of nitrogens with zero attached hydrogens (tertiary/aromatic N) is 1. The fourth-order valence-corrected chi connectivity index (χ4v) is 2.97. The lowest BCUT2D eigenvalue weighted by atomic mass is 10.2.